The van der Waals surface area contributed by atoms with Gasteiger partial charge in [-0.2, -0.15) is 0 Å². The van der Waals surface area contributed by atoms with Crippen LogP contribution in [0.5, 0.6) is 0 Å². The minimum atomic E-state index is 0.0133. The molecular formula is C13H13BrClNO. The summed E-state index contributed by atoms with van der Waals surface area (Å²) in [5.41, 5.74) is 2.16. The third kappa shape index (κ3) is 2.73. The summed E-state index contributed by atoms with van der Waals surface area (Å²) in [6.07, 6.45) is 0. The Morgan fingerprint density at radius 3 is 2.59 bits per heavy atom. The third-order valence-corrected chi connectivity index (χ3v) is 3.53. The quantitative estimate of drug-likeness (QED) is 0.913. The van der Waals surface area contributed by atoms with Crippen LogP contribution in [-0.4, -0.2) is 7.05 Å². The highest BCUT2D eigenvalue weighted by Crippen LogP contribution is 2.28. The van der Waals surface area contributed by atoms with E-state index in [2.05, 4.69) is 27.3 Å². The number of hydrogen-bond donors (Lipinski definition) is 1. The molecule has 0 bridgehead atoms. The second-order valence-corrected chi connectivity index (χ2v) is 5.06. The first-order valence-electron chi connectivity index (χ1n) is 5.30. The Morgan fingerprint density at radius 1 is 1.29 bits per heavy atom. The molecular weight excluding hydrogens is 302 g/mol. The molecule has 2 aromatic rings. The number of hydrogen-bond acceptors (Lipinski definition) is 2. The molecule has 0 fully saturated rings. The molecule has 0 saturated carbocycles. The van der Waals surface area contributed by atoms with E-state index in [0.717, 1.165) is 26.6 Å². The van der Waals surface area contributed by atoms with Crippen LogP contribution in [0.25, 0.3) is 0 Å². The lowest BCUT2D eigenvalue weighted by molar-refractivity contribution is 0.447. The van der Waals surface area contributed by atoms with E-state index in [9.17, 15) is 0 Å². The molecule has 0 aliphatic heterocycles. The van der Waals surface area contributed by atoms with Crippen LogP contribution in [0.2, 0.25) is 5.02 Å². The zero-order chi connectivity index (χ0) is 12.4. The minimum absolute atomic E-state index is 0.0133. The number of furan rings is 1. The Kier molecular flexibility index (Phi) is 3.92. The fourth-order valence-electron chi connectivity index (χ4n) is 1.75. The average Bonchev–Trinajstić information content (AvgIpc) is 2.71. The summed E-state index contributed by atoms with van der Waals surface area (Å²) in [5.74, 6) is 0.860. The smallest absolute Gasteiger partial charge is 0.169 e. The first-order chi connectivity index (χ1) is 8.11. The fraction of sp³-hybridized carbons (Fsp3) is 0.231. The lowest BCUT2D eigenvalue weighted by atomic mass is 10.0. The van der Waals surface area contributed by atoms with Gasteiger partial charge in [0.15, 0.2) is 4.67 Å². The number of halogens is 2. The van der Waals surface area contributed by atoms with Gasteiger partial charge < -0.3 is 9.73 Å². The van der Waals surface area contributed by atoms with Crippen molar-refractivity contribution >= 4 is 27.5 Å². The van der Waals surface area contributed by atoms with E-state index in [4.69, 9.17) is 16.0 Å². The number of rotatable bonds is 3. The van der Waals surface area contributed by atoms with E-state index in [-0.39, 0.29) is 6.04 Å². The predicted molar refractivity (Wildman–Crippen MR) is 73.5 cm³/mol. The first-order valence-corrected chi connectivity index (χ1v) is 6.47. The molecule has 1 heterocycles. The molecule has 1 N–H and O–H groups in total. The summed E-state index contributed by atoms with van der Waals surface area (Å²) >= 11 is 9.45. The third-order valence-electron chi connectivity index (χ3n) is 2.70. The van der Waals surface area contributed by atoms with E-state index < -0.39 is 0 Å². The van der Waals surface area contributed by atoms with Crippen LogP contribution in [0.15, 0.2) is 39.4 Å². The average molecular weight is 315 g/mol. The molecule has 0 amide bonds. The number of aryl methyl sites for hydroxylation is 1. The van der Waals surface area contributed by atoms with Crippen molar-refractivity contribution in [2.45, 2.75) is 13.0 Å². The highest BCUT2D eigenvalue weighted by atomic mass is 79.9. The molecule has 2 nitrogen and oxygen atoms in total. The van der Waals surface area contributed by atoms with E-state index in [1.165, 1.54) is 0 Å². The van der Waals surface area contributed by atoms with Crippen molar-refractivity contribution in [1.29, 1.82) is 0 Å². The lowest BCUT2D eigenvalue weighted by Crippen LogP contribution is -2.17. The van der Waals surface area contributed by atoms with Crippen LogP contribution in [0.3, 0.4) is 0 Å². The highest BCUT2D eigenvalue weighted by Gasteiger charge is 2.16. The molecule has 0 radical (unpaired) electrons. The summed E-state index contributed by atoms with van der Waals surface area (Å²) in [6, 6.07) is 9.88. The van der Waals surface area contributed by atoms with Gasteiger partial charge in [0.05, 0.1) is 6.04 Å². The molecule has 1 atom stereocenters. The summed E-state index contributed by atoms with van der Waals surface area (Å²) in [5, 5.41) is 3.99. The van der Waals surface area contributed by atoms with Gasteiger partial charge in [0.2, 0.25) is 0 Å². The Bertz CT molecular complexity index is 524. The van der Waals surface area contributed by atoms with Crippen molar-refractivity contribution in [3.8, 4) is 0 Å². The van der Waals surface area contributed by atoms with Crippen molar-refractivity contribution in [2.24, 2.45) is 0 Å². The van der Waals surface area contributed by atoms with Crippen LogP contribution < -0.4 is 5.32 Å². The molecule has 2 rings (SSSR count). The predicted octanol–water partition coefficient (Wildman–Crippen LogP) is 4.31. The van der Waals surface area contributed by atoms with Crippen molar-refractivity contribution < 1.29 is 4.42 Å². The summed E-state index contributed by atoms with van der Waals surface area (Å²) < 4.78 is 6.30. The first kappa shape index (κ1) is 12.7. The molecule has 0 saturated heterocycles. The molecule has 0 aliphatic rings. The Labute approximate surface area is 114 Å². The van der Waals surface area contributed by atoms with Gasteiger partial charge in [-0.15, -0.1) is 0 Å². The van der Waals surface area contributed by atoms with Crippen LogP contribution in [0, 0.1) is 6.92 Å². The molecule has 0 aliphatic carbocycles. The van der Waals surface area contributed by atoms with Crippen LogP contribution >= 0.6 is 27.5 Å². The van der Waals surface area contributed by atoms with Crippen molar-refractivity contribution in [2.75, 3.05) is 7.05 Å². The van der Waals surface area contributed by atoms with E-state index in [1.807, 2.05) is 38.2 Å². The number of nitrogens with one attached hydrogen (secondary N) is 1. The van der Waals surface area contributed by atoms with Gasteiger partial charge in [-0.3, -0.25) is 0 Å². The van der Waals surface area contributed by atoms with E-state index in [1.54, 1.807) is 0 Å². The zero-order valence-corrected chi connectivity index (χ0v) is 12.0. The second kappa shape index (κ2) is 5.25. The summed E-state index contributed by atoms with van der Waals surface area (Å²) in [6.45, 7) is 1.99. The van der Waals surface area contributed by atoms with Gasteiger partial charge in [-0.05, 0) is 59.2 Å². The number of benzene rings is 1. The Balaban J connectivity index is 2.38. The topological polar surface area (TPSA) is 25.2 Å². The van der Waals surface area contributed by atoms with Crippen molar-refractivity contribution in [1.82, 2.24) is 5.32 Å². The maximum absolute atomic E-state index is 6.14. The highest BCUT2D eigenvalue weighted by molar-refractivity contribution is 9.10. The molecule has 4 heteroatoms. The fourth-order valence-corrected chi connectivity index (χ4v) is 2.25. The molecule has 0 spiro atoms. The molecule has 1 unspecified atom stereocenters. The summed E-state index contributed by atoms with van der Waals surface area (Å²) in [4.78, 5) is 0. The molecule has 1 aromatic carbocycles. The van der Waals surface area contributed by atoms with Gasteiger partial charge in [-0.25, -0.2) is 0 Å². The van der Waals surface area contributed by atoms with Crippen LogP contribution in [-0.2, 0) is 0 Å². The van der Waals surface area contributed by atoms with Gasteiger partial charge in [0.1, 0.15) is 5.76 Å². The maximum atomic E-state index is 6.14. The van der Waals surface area contributed by atoms with Crippen molar-refractivity contribution in [3.05, 3.63) is 56.9 Å². The van der Waals surface area contributed by atoms with Gasteiger partial charge in [-0.1, -0.05) is 23.7 Å². The molecule has 17 heavy (non-hydrogen) atoms. The van der Waals surface area contributed by atoms with Crippen LogP contribution in [0.4, 0.5) is 0 Å². The minimum Gasteiger partial charge on any atom is -0.452 e. The monoisotopic (exact) mass is 313 g/mol. The molecule has 90 valence electrons. The van der Waals surface area contributed by atoms with E-state index >= 15 is 0 Å². The second-order valence-electron chi connectivity index (χ2n) is 3.87. The summed E-state index contributed by atoms with van der Waals surface area (Å²) in [7, 11) is 1.90. The van der Waals surface area contributed by atoms with Gasteiger partial charge >= 0.3 is 0 Å². The van der Waals surface area contributed by atoms with Crippen LogP contribution in [0.1, 0.15) is 22.9 Å². The maximum Gasteiger partial charge on any atom is 0.169 e. The van der Waals surface area contributed by atoms with Gasteiger partial charge in [0, 0.05) is 5.02 Å². The van der Waals surface area contributed by atoms with E-state index in [0.29, 0.717) is 0 Å². The Morgan fingerprint density at radius 2 is 2.06 bits per heavy atom. The SMILES string of the molecule is CNC(c1ccc(C)c(Cl)c1)c1ccc(Br)o1. The molecule has 1 aromatic heterocycles. The normalized spacial score (nSPS) is 12.7. The van der Waals surface area contributed by atoms with Gasteiger partial charge in [0.25, 0.3) is 0 Å². The standard InChI is InChI=1S/C13H13BrClNO/c1-8-3-4-9(7-10(8)15)13(16-2)11-5-6-12(14)17-11/h3-7,13,16H,1-2H3. The zero-order valence-electron chi connectivity index (χ0n) is 9.63. The Hall–Kier alpha value is -0.770. The largest absolute Gasteiger partial charge is 0.452 e. The van der Waals surface area contributed by atoms with Crippen molar-refractivity contribution in [3.63, 3.8) is 0 Å². The lowest BCUT2D eigenvalue weighted by Gasteiger charge is -2.15.